The van der Waals surface area contributed by atoms with Crippen LogP contribution in [0.25, 0.3) is 0 Å². The zero-order valence-electron chi connectivity index (χ0n) is 22.0. The monoisotopic (exact) mass is 519 g/mol. The van der Waals surface area contributed by atoms with Gasteiger partial charge in [-0.05, 0) is 79.0 Å². The average molecular weight is 520 g/mol. The van der Waals surface area contributed by atoms with Crippen LogP contribution in [0.2, 0.25) is 0 Å². The predicted octanol–water partition coefficient (Wildman–Crippen LogP) is 3.68. The van der Waals surface area contributed by atoms with E-state index >= 15 is 0 Å². The maximum absolute atomic E-state index is 12.8. The molecule has 2 aliphatic rings. The largest absolute Gasteiger partial charge is 0.485 e. The minimum absolute atomic E-state index is 0.143. The number of oxazole rings is 1. The zero-order chi connectivity index (χ0) is 26.3. The lowest BCUT2D eigenvalue weighted by atomic mass is 9.92. The van der Waals surface area contributed by atoms with Crippen LogP contribution in [0.5, 0.6) is 5.75 Å². The molecule has 3 aromatic rings. The Morgan fingerprint density at radius 2 is 2.13 bits per heavy atom. The number of carbonyl (C=O) groups excluding carboxylic acids is 1. The Kier molecular flexibility index (Phi) is 8.73. The number of carbonyl (C=O) groups is 1. The second-order valence-electron chi connectivity index (χ2n) is 10.4. The van der Waals surface area contributed by atoms with E-state index in [2.05, 4.69) is 34.3 Å². The number of β-amino-alcohol motifs (C(OH)–C–C–N with tert-alkyl or cyclic N) is 1. The van der Waals surface area contributed by atoms with Gasteiger partial charge in [0.25, 0.3) is 5.91 Å². The maximum Gasteiger partial charge on any atom is 0.251 e. The van der Waals surface area contributed by atoms with Gasteiger partial charge in [-0.2, -0.15) is 0 Å². The molecule has 0 bridgehead atoms. The molecule has 5 rings (SSSR count). The fraction of sp³-hybridized carbons (Fsp3) is 0.467. The number of ether oxygens (including phenoxy) is 2. The number of aliphatic hydroxyl groups is 1. The molecule has 0 radical (unpaired) electrons. The summed E-state index contributed by atoms with van der Waals surface area (Å²) < 4.78 is 16.7. The topological polar surface area (TPSA) is 97.1 Å². The lowest BCUT2D eigenvalue weighted by molar-refractivity contribution is 0.0665. The first-order chi connectivity index (χ1) is 18.5. The Morgan fingerprint density at radius 1 is 1.26 bits per heavy atom. The Bertz CT molecular complexity index is 1210. The van der Waals surface area contributed by atoms with Gasteiger partial charge in [0.15, 0.2) is 12.2 Å². The van der Waals surface area contributed by atoms with Gasteiger partial charge in [0.1, 0.15) is 12.4 Å². The highest BCUT2D eigenvalue weighted by atomic mass is 16.5. The van der Waals surface area contributed by atoms with Crippen LogP contribution >= 0.6 is 0 Å². The van der Waals surface area contributed by atoms with Crippen LogP contribution in [0.4, 0.5) is 0 Å². The fourth-order valence-electron chi connectivity index (χ4n) is 5.45. The summed E-state index contributed by atoms with van der Waals surface area (Å²) in [6.07, 6.45) is 6.42. The van der Waals surface area contributed by atoms with Gasteiger partial charge in [-0.3, -0.25) is 9.69 Å². The highest BCUT2D eigenvalue weighted by Gasteiger charge is 2.22. The van der Waals surface area contributed by atoms with Crippen molar-refractivity contribution < 1.29 is 23.8 Å². The van der Waals surface area contributed by atoms with Gasteiger partial charge in [0, 0.05) is 45.0 Å². The smallest absolute Gasteiger partial charge is 0.251 e. The van der Waals surface area contributed by atoms with Crippen molar-refractivity contribution in [1.82, 2.24) is 15.2 Å². The molecule has 3 heterocycles. The minimum Gasteiger partial charge on any atom is -0.485 e. The van der Waals surface area contributed by atoms with Gasteiger partial charge < -0.3 is 24.3 Å². The second-order valence-corrected chi connectivity index (χ2v) is 10.4. The molecular formula is C30H37N3O5. The summed E-state index contributed by atoms with van der Waals surface area (Å²) in [6.45, 7) is 6.43. The summed E-state index contributed by atoms with van der Waals surface area (Å²) in [7, 11) is 0. The van der Waals surface area contributed by atoms with Crippen molar-refractivity contribution in [2.45, 2.75) is 51.9 Å². The number of aliphatic hydroxyl groups excluding tert-OH is 1. The molecule has 38 heavy (non-hydrogen) atoms. The van der Waals surface area contributed by atoms with E-state index in [-0.39, 0.29) is 12.5 Å². The van der Waals surface area contributed by atoms with Crippen molar-refractivity contribution in [3.05, 3.63) is 82.6 Å². The van der Waals surface area contributed by atoms with Crippen LogP contribution in [-0.2, 0) is 30.7 Å². The third-order valence-electron chi connectivity index (χ3n) is 7.59. The lowest BCUT2D eigenvalue weighted by Gasteiger charge is -2.31. The summed E-state index contributed by atoms with van der Waals surface area (Å²) in [5, 5.41) is 13.6. The number of hydrogen-bond donors (Lipinski definition) is 2. The van der Waals surface area contributed by atoms with Gasteiger partial charge in [0.2, 0.25) is 0 Å². The molecule has 2 aromatic carbocycles. The first-order valence-electron chi connectivity index (χ1n) is 13.5. The number of nitrogens with zero attached hydrogens (tertiary/aromatic N) is 2. The Balaban J connectivity index is 1.09. The maximum atomic E-state index is 12.8. The van der Waals surface area contributed by atoms with E-state index < -0.39 is 6.10 Å². The third kappa shape index (κ3) is 6.81. The molecule has 2 aliphatic heterocycles. The van der Waals surface area contributed by atoms with E-state index in [1.165, 1.54) is 23.1 Å². The van der Waals surface area contributed by atoms with E-state index in [1.54, 1.807) is 6.20 Å². The normalized spacial score (nSPS) is 17.1. The van der Waals surface area contributed by atoms with Gasteiger partial charge in [0.05, 0.1) is 12.3 Å². The number of fused-ring (bicyclic) bond motifs is 1. The van der Waals surface area contributed by atoms with Crippen LogP contribution in [0.3, 0.4) is 0 Å². The van der Waals surface area contributed by atoms with Crippen LogP contribution < -0.4 is 10.1 Å². The van der Waals surface area contributed by atoms with Crippen molar-refractivity contribution in [1.29, 1.82) is 0 Å². The van der Waals surface area contributed by atoms with Gasteiger partial charge >= 0.3 is 0 Å². The number of nitrogens with one attached hydrogen (secondary N) is 1. The van der Waals surface area contributed by atoms with Gasteiger partial charge in [-0.25, -0.2) is 4.98 Å². The molecule has 1 amide bonds. The summed E-state index contributed by atoms with van der Waals surface area (Å²) in [5.41, 5.74) is 5.52. The van der Waals surface area contributed by atoms with Crippen molar-refractivity contribution in [2.24, 2.45) is 5.92 Å². The fourth-order valence-corrected chi connectivity index (χ4v) is 5.45. The molecule has 0 aliphatic carbocycles. The van der Waals surface area contributed by atoms with E-state index in [4.69, 9.17) is 13.9 Å². The minimum atomic E-state index is -0.642. The van der Waals surface area contributed by atoms with Crippen molar-refractivity contribution in [3.8, 4) is 5.75 Å². The number of rotatable bonds is 10. The van der Waals surface area contributed by atoms with Crippen LogP contribution in [0.15, 0.2) is 53.4 Å². The second kappa shape index (κ2) is 12.6. The zero-order valence-corrected chi connectivity index (χ0v) is 22.0. The molecule has 1 saturated heterocycles. The van der Waals surface area contributed by atoms with E-state index in [0.29, 0.717) is 30.4 Å². The SMILES string of the molecule is Cc1c(OCc2cnco2)ccc2c1CCN(C[C@@H](O)CNC(=O)c1cccc(CC3CCOCC3)c1)C2. The summed E-state index contributed by atoms with van der Waals surface area (Å²) >= 11 is 0. The quantitative estimate of drug-likeness (QED) is 0.422. The summed E-state index contributed by atoms with van der Waals surface area (Å²) in [6, 6.07) is 11.9. The molecule has 2 N–H and O–H groups in total. The Hall–Kier alpha value is -3.20. The summed E-state index contributed by atoms with van der Waals surface area (Å²) in [4.78, 5) is 18.9. The molecule has 1 fully saturated rings. The Labute approximate surface area is 224 Å². The van der Waals surface area contributed by atoms with Gasteiger partial charge in [-0.15, -0.1) is 0 Å². The molecule has 8 heteroatoms. The van der Waals surface area contributed by atoms with Crippen LogP contribution in [0, 0.1) is 12.8 Å². The molecule has 0 saturated carbocycles. The van der Waals surface area contributed by atoms with Gasteiger partial charge in [-0.1, -0.05) is 18.2 Å². The Morgan fingerprint density at radius 3 is 2.95 bits per heavy atom. The van der Waals surface area contributed by atoms with Crippen molar-refractivity contribution >= 4 is 5.91 Å². The third-order valence-corrected chi connectivity index (χ3v) is 7.59. The standard InChI is InChI=1S/C30H37N3O5/c1-21-28-7-10-33(17-25(28)5-6-29(21)37-19-27-16-31-20-38-27)18-26(34)15-32-30(35)24-4-2-3-23(14-24)13-22-8-11-36-12-9-22/h2-6,14,16,20,22,26,34H,7-13,15,17-19H2,1H3,(H,32,35)/t26-/m0/s1. The van der Waals surface area contributed by atoms with Crippen molar-refractivity contribution in [2.75, 3.05) is 32.8 Å². The summed E-state index contributed by atoms with van der Waals surface area (Å²) in [5.74, 6) is 2.02. The molecule has 202 valence electrons. The first kappa shape index (κ1) is 26.4. The van der Waals surface area contributed by atoms with E-state index in [0.717, 1.165) is 63.3 Å². The van der Waals surface area contributed by atoms with E-state index in [9.17, 15) is 9.90 Å². The lowest BCUT2D eigenvalue weighted by Crippen LogP contribution is -2.42. The van der Waals surface area contributed by atoms with E-state index in [1.807, 2.05) is 24.3 Å². The molecular weight excluding hydrogens is 482 g/mol. The number of amides is 1. The highest BCUT2D eigenvalue weighted by Crippen LogP contribution is 2.30. The number of hydrogen-bond acceptors (Lipinski definition) is 7. The molecule has 8 nitrogen and oxygen atoms in total. The predicted molar refractivity (Wildman–Crippen MR) is 143 cm³/mol. The number of benzene rings is 2. The first-order valence-corrected chi connectivity index (χ1v) is 13.5. The molecule has 0 spiro atoms. The number of aromatic nitrogens is 1. The molecule has 1 atom stereocenters. The average Bonchev–Trinajstić information content (AvgIpc) is 3.46. The highest BCUT2D eigenvalue weighted by molar-refractivity contribution is 5.94. The molecule has 1 aromatic heterocycles. The van der Waals surface area contributed by atoms with Crippen LogP contribution in [0.1, 0.15) is 51.2 Å². The van der Waals surface area contributed by atoms with Crippen molar-refractivity contribution in [3.63, 3.8) is 0 Å². The molecule has 0 unspecified atom stereocenters. The van der Waals surface area contributed by atoms with Crippen LogP contribution in [-0.4, -0.2) is 59.8 Å².